The van der Waals surface area contributed by atoms with Gasteiger partial charge in [0.25, 0.3) is 0 Å². The Bertz CT molecular complexity index is 678. The van der Waals surface area contributed by atoms with Crippen molar-refractivity contribution >= 4 is 15.9 Å². The minimum absolute atomic E-state index is 0.0133. The van der Waals surface area contributed by atoms with Gasteiger partial charge >= 0.3 is 0 Å². The Kier molecular flexibility index (Phi) is 5.65. The highest BCUT2D eigenvalue weighted by Crippen LogP contribution is 2.24. The van der Waals surface area contributed by atoms with E-state index >= 15 is 0 Å². The van der Waals surface area contributed by atoms with Crippen LogP contribution in [0.2, 0.25) is 0 Å². The molecule has 1 N–H and O–H groups in total. The fraction of sp³-hybridized carbons (Fsp3) is 0.588. The van der Waals surface area contributed by atoms with E-state index < -0.39 is 15.8 Å². The van der Waals surface area contributed by atoms with Gasteiger partial charge in [0.2, 0.25) is 15.9 Å². The molecular formula is C17H25FN2O3S. The monoisotopic (exact) mass is 356 g/mol. The van der Waals surface area contributed by atoms with Crippen LogP contribution in [0.1, 0.15) is 40.0 Å². The van der Waals surface area contributed by atoms with Crippen molar-refractivity contribution in [1.29, 1.82) is 0 Å². The number of nitrogens with one attached hydrogen (secondary N) is 1. The van der Waals surface area contributed by atoms with Gasteiger partial charge in [-0.15, -0.1) is 0 Å². The van der Waals surface area contributed by atoms with Crippen molar-refractivity contribution in [2.45, 2.75) is 50.5 Å². The van der Waals surface area contributed by atoms with E-state index in [9.17, 15) is 17.6 Å². The number of halogens is 1. The van der Waals surface area contributed by atoms with E-state index in [1.54, 1.807) is 0 Å². The van der Waals surface area contributed by atoms with Crippen LogP contribution < -0.4 is 5.32 Å². The van der Waals surface area contributed by atoms with E-state index in [1.807, 2.05) is 20.8 Å². The second kappa shape index (κ2) is 7.19. The largest absolute Gasteiger partial charge is 0.351 e. The number of hydrogen-bond acceptors (Lipinski definition) is 3. The lowest BCUT2D eigenvalue weighted by Crippen LogP contribution is -2.48. The molecule has 1 aromatic carbocycles. The van der Waals surface area contributed by atoms with Crippen LogP contribution in [-0.2, 0) is 14.8 Å². The molecule has 2 rings (SSSR count). The molecule has 0 aliphatic carbocycles. The zero-order valence-corrected chi connectivity index (χ0v) is 15.2. The van der Waals surface area contributed by atoms with Crippen molar-refractivity contribution < 1.29 is 17.6 Å². The van der Waals surface area contributed by atoms with Crippen LogP contribution in [0, 0.1) is 11.7 Å². The van der Waals surface area contributed by atoms with Gasteiger partial charge in [0, 0.05) is 24.5 Å². The smallest absolute Gasteiger partial charge is 0.243 e. The number of benzene rings is 1. The molecular weight excluding hydrogens is 331 g/mol. The summed E-state index contributed by atoms with van der Waals surface area (Å²) in [4.78, 5) is 12.4. The summed E-state index contributed by atoms with van der Waals surface area (Å²) in [5.74, 6) is -0.654. The van der Waals surface area contributed by atoms with Crippen LogP contribution in [0.4, 0.5) is 4.39 Å². The molecule has 0 radical (unpaired) electrons. The second-order valence-corrected chi connectivity index (χ2v) is 8.80. The quantitative estimate of drug-likeness (QED) is 0.882. The molecule has 7 heteroatoms. The van der Waals surface area contributed by atoms with E-state index in [4.69, 9.17) is 0 Å². The Hall–Kier alpha value is -1.47. The van der Waals surface area contributed by atoms with Gasteiger partial charge in [-0.05, 0) is 57.4 Å². The third-order valence-corrected chi connectivity index (χ3v) is 6.53. The highest BCUT2D eigenvalue weighted by atomic mass is 32.2. The normalized spacial score (nSPS) is 17.7. The van der Waals surface area contributed by atoms with E-state index in [-0.39, 0.29) is 22.3 Å². The molecule has 1 heterocycles. The summed E-state index contributed by atoms with van der Waals surface area (Å²) in [6, 6.07) is 4.82. The predicted molar refractivity (Wildman–Crippen MR) is 90.4 cm³/mol. The lowest BCUT2D eigenvalue weighted by molar-refractivity contribution is -0.127. The topological polar surface area (TPSA) is 66.5 Å². The van der Waals surface area contributed by atoms with E-state index in [1.165, 1.54) is 16.4 Å². The number of sulfonamides is 1. The standard InChI is InChI=1S/C17H25FN2O3S/c1-4-17(2,3)19-16(21)13-9-11-20(12-10-13)24(22,23)15-7-5-14(18)6-8-15/h5-8,13H,4,9-12H2,1-3H3,(H,19,21). The fourth-order valence-corrected chi connectivity index (χ4v) is 4.11. The number of rotatable bonds is 5. The van der Waals surface area contributed by atoms with Gasteiger partial charge in [-0.3, -0.25) is 4.79 Å². The van der Waals surface area contributed by atoms with Gasteiger partial charge in [0.15, 0.2) is 0 Å². The summed E-state index contributed by atoms with van der Waals surface area (Å²) in [5.41, 5.74) is -0.256. The molecule has 134 valence electrons. The summed E-state index contributed by atoms with van der Waals surface area (Å²) in [7, 11) is -3.63. The first-order valence-corrected chi connectivity index (χ1v) is 9.67. The lowest BCUT2D eigenvalue weighted by Gasteiger charge is -2.33. The summed E-state index contributed by atoms with van der Waals surface area (Å²) >= 11 is 0. The predicted octanol–water partition coefficient (Wildman–Crippen LogP) is 2.53. The van der Waals surface area contributed by atoms with E-state index in [0.717, 1.165) is 18.6 Å². The highest BCUT2D eigenvalue weighted by molar-refractivity contribution is 7.89. The zero-order chi connectivity index (χ0) is 18.0. The van der Waals surface area contributed by atoms with Crippen LogP contribution in [0.5, 0.6) is 0 Å². The molecule has 1 fully saturated rings. The SMILES string of the molecule is CCC(C)(C)NC(=O)C1CCN(S(=O)(=O)c2ccc(F)cc2)CC1. The van der Waals surface area contributed by atoms with E-state index in [0.29, 0.717) is 25.9 Å². The van der Waals surface area contributed by atoms with Crippen molar-refractivity contribution in [3.63, 3.8) is 0 Å². The third kappa shape index (κ3) is 4.33. The average Bonchev–Trinajstić information content (AvgIpc) is 2.55. The maximum Gasteiger partial charge on any atom is 0.243 e. The minimum atomic E-state index is -3.63. The van der Waals surface area contributed by atoms with Crippen molar-refractivity contribution in [2.24, 2.45) is 5.92 Å². The van der Waals surface area contributed by atoms with Crippen molar-refractivity contribution in [3.05, 3.63) is 30.1 Å². The summed E-state index contributed by atoms with van der Waals surface area (Å²) in [6.07, 6.45) is 1.81. The van der Waals surface area contributed by atoms with Gasteiger partial charge in [-0.2, -0.15) is 4.31 Å². The number of carbonyl (C=O) groups is 1. The van der Waals surface area contributed by atoms with Gasteiger partial charge in [-0.25, -0.2) is 12.8 Å². The van der Waals surface area contributed by atoms with Crippen LogP contribution in [-0.4, -0.2) is 37.3 Å². The molecule has 0 bridgehead atoms. The number of amides is 1. The van der Waals surface area contributed by atoms with Gasteiger partial charge in [-0.1, -0.05) is 6.92 Å². The summed E-state index contributed by atoms with van der Waals surface area (Å²) < 4.78 is 39.4. The molecule has 5 nitrogen and oxygen atoms in total. The number of piperidine rings is 1. The maximum atomic E-state index is 13.0. The molecule has 0 spiro atoms. The van der Waals surface area contributed by atoms with Crippen molar-refractivity contribution in [2.75, 3.05) is 13.1 Å². The Labute approximate surface area is 143 Å². The Morgan fingerprint density at radius 1 is 1.25 bits per heavy atom. The molecule has 0 aromatic heterocycles. The minimum Gasteiger partial charge on any atom is -0.351 e. The van der Waals surface area contributed by atoms with Gasteiger partial charge in [0.1, 0.15) is 5.82 Å². The fourth-order valence-electron chi connectivity index (χ4n) is 2.64. The molecule has 1 aliphatic rings. The first-order chi connectivity index (χ1) is 11.2. The maximum absolute atomic E-state index is 13.0. The molecule has 1 aromatic rings. The van der Waals surface area contributed by atoms with Crippen LogP contribution in [0.25, 0.3) is 0 Å². The van der Waals surface area contributed by atoms with Crippen LogP contribution in [0.3, 0.4) is 0 Å². The van der Waals surface area contributed by atoms with Crippen molar-refractivity contribution in [3.8, 4) is 0 Å². The lowest BCUT2D eigenvalue weighted by atomic mass is 9.94. The number of nitrogens with zero attached hydrogens (tertiary/aromatic N) is 1. The summed E-state index contributed by atoms with van der Waals surface area (Å²) in [6.45, 7) is 6.55. The second-order valence-electron chi connectivity index (χ2n) is 6.86. The Balaban J connectivity index is 1.99. The molecule has 0 saturated carbocycles. The molecule has 0 unspecified atom stereocenters. The zero-order valence-electron chi connectivity index (χ0n) is 14.4. The molecule has 1 aliphatic heterocycles. The van der Waals surface area contributed by atoms with Crippen LogP contribution >= 0.6 is 0 Å². The Morgan fingerprint density at radius 2 is 1.79 bits per heavy atom. The first-order valence-electron chi connectivity index (χ1n) is 8.23. The Morgan fingerprint density at radius 3 is 2.29 bits per heavy atom. The molecule has 24 heavy (non-hydrogen) atoms. The van der Waals surface area contributed by atoms with Gasteiger partial charge < -0.3 is 5.32 Å². The summed E-state index contributed by atoms with van der Waals surface area (Å²) in [5, 5.41) is 3.02. The molecule has 1 amide bonds. The molecule has 0 atom stereocenters. The third-order valence-electron chi connectivity index (χ3n) is 4.62. The average molecular weight is 356 g/mol. The van der Waals surface area contributed by atoms with Gasteiger partial charge in [0.05, 0.1) is 4.90 Å². The van der Waals surface area contributed by atoms with Crippen molar-refractivity contribution in [1.82, 2.24) is 9.62 Å². The molecule has 1 saturated heterocycles. The van der Waals surface area contributed by atoms with Crippen LogP contribution in [0.15, 0.2) is 29.2 Å². The first kappa shape index (κ1) is 18.9. The number of carbonyl (C=O) groups excluding carboxylic acids is 1. The van der Waals surface area contributed by atoms with E-state index in [2.05, 4.69) is 5.32 Å². The number of hydrogen-bond donors (Lipinski definition) is 1. The highest BCUT2D eigenvalue weighted by Gasteiger charge is 2.33.